The number of fused-ring (bicyclic) bond motifs is 1. The summed E-state index contributed by atoms with van der Waals surface area (Å²) in [5.41, 5.74) is 1.82. The number of likely N-dealkylation sites (N-methyl/N-ethyl adjacent to an activating group) is 1. The lowest BCUT2D eigenvalue weighted by atomic mass is 9.83. The van der Waals surface area contributed by atoms with E-state index in [1.807, 2.05) is 30.3 Å². The first-order valence-electron chi connectivity index (χ1n) is 15.4. The van der Waals surface area contributed by atoms with E-state index in [9.17, 15) is 23.6 Å². The van der Waals surface area contributed by atoms with Crippen LogP contribution in [0.3, 0.4) is 0 Å². The van der Waals surface area contributed by atoms with Gasteiger partial charge in [-0.05, 0) is 62.4 Å². The van der Waals surface area contributed by atoms with Crippen molar-refractivity contribution in [1.29, 1.82) is 0 Å². The molecule has 3 aliphatic rings. The van der Waals surface area contributed by atoms with Crippen LogP contribution in [-0.4, -0.2) is 89.3 Å². The molecular formula is C33H43ClFN5O4. The highest BCUT2D eigenvalue weighted by molar-refractivity contribution is 5.97. The van der Waals surface area contributed by atoms with E-state index < -0.39 is 24.3 Å². The fourth-order valence-corrected chi connectivity index (χ4v) is 6.64. The fraction of sp³-hybridized carbons (Fsp3) is 0.515. The molecule has 11 heteroatoms. The average Bonchev–Trinajstić information content (AvgIpc) is 3.36. The summed E-state index contributed by atoms with van der Waals surface area (Å²) < 4.78 is 13.5. The van der Waals surface area contributed by atoms with Gasteiger partial charge in [-0.3, -0.25) is 19.2 Å². The lowest BCUT2D eigenvalue weighted by Crippen LogP contribution is -2.66. The van der Waals surface area contributed by atoms with Crippen LogP contribution in [0.4, 0.5) is 4.39 Å². The van der Waals surface area contributed by atoms with Crippen LogP contribution in [0.1, 0.15) is 50.2 Å². The second kappa shape index (κ2) is 15.0. The van der Waals surface area contributed by atoms with Crippen LogP contribution in [0.15, 0.2) is 54.6 Å². The molecule has 9 nitrogen and oxygen atoms in total. The van der Waals surface area contributed by atoms with Gasteiger partial charge in [-0.15, -0.1) is 12.4 Å². The number of hydrogen-bond donors (Lipinski definition) is 2. The van der Waals surface area contributed by atoms with Crippen molar-refractivity contribution in [2.45, 2.75) is 76.2 Å². The summed E-state index contributed by atoms with van der Waals surface area (Å²) >= 11 is 0. The molecule has 2 aliphatic heterocycles. The third-order valence-corrected chi connectivity index (χ3v) is 9.24. The van der Waals surface area contributed by atoms with Crippen molar-refractivity contribution < 1.29 is 23.6 Å². The number of benzene rings is 2. The fourth-order valence-electron chi connectivity index (χ4n) is 6.64. The summed E-state index contributed by atoms with van der Waals surface area (Å²) in [6, 6.07) is 13.8. The number of carbonyl (C=O) groups is 4. The van der Waals surface area contributed by atoms with Crippen LogP contribution in [0.2, 0.25) is 0 Å². The quantitative estimate of drug-likeness (QED) is 0.422. The van der Waals surface area contributed by atoms with Gasteiger partial charge in [0.1, 0.15) is 30.6 Å². The van der Waals surface area contributed by atoms with E-state index in [1.54, 1.807) is 40.8 Å². The first-order valence-corrected chi connectivity index (χ1v) is 15.4. The van der Waals surface area contributed by atoms with Gasteiger partial charge in [0.15, 0.2) is 0 Å². The number of hydrogen-bond acceptors (Lipinski definition) is 5. The Hall–Kier alpha value is -3.50. The molecule has 0 spiro atoms. The Balaban J connectivity index is 0.00000442. The number of halogens is 2. The third-order valence-electron chi connectivity index (χ3n) is 9.24. The normalized spacial score (nSPS) is 21.8. The summed E-state index contributed by atoms with van der Waals surface area (Å²) in [5.74, 6) is -1.28. The van der Waals surface area contributed by atoms with Gasteiger partial charge in [-0.2, -0.15) is 0 Å². The monoisotopic (exact) mass is 627 g/mol. The van der Waals surface area contributed by atoms with Crippen LogP contribution in [-0.2, 0) is 32.0 Å². The molecular weight excluding hydrogens is 585 g/mol. The summed E-state index contributed by atoms with van der Waals surface area (Å²) in [4.78, 5) is 59.7. The molecule has 3 fully saturated rings. The van der Waals surface area contributed by atoms with E-state index in [-0.39, 0.29) is 60.9 Å². The number of piperazine rings is 1. The van der Waals surface area contributed by atoms with E-state index in [2.05, 4.69) is 10.6 Å². The van der Waals surface area contributed by atoms with Crippen LogP contribution >= 0.6 is 12.4 Å². The lowest BCUT2D eigenvalue weighted by molar-refractivity contribution is -0.156. The SMILES string of the molecule is CNC(C)C(=O)N[C@H](C(=O)N1CC(=O)N2[C@@H]1CN(CCc1ccc(F)cc1)C(=O)[C@@H]2Cc1ccccc1)C1CCCCC1.Cl. The summed E-state index contributed by atoms with van der Waals surface area (Å²) in [7, 11) is 1.70. The van der Waals surface area contributed by atoms with Crippen molar-refractivity contribution >= 4 is 36.0 Å². The maximum atomic E-state index is 14.3. The van der Waals surface area contributed by atoms with Gasteiger partial charge >= 0.3 is 0 Å². The topological polar surface area (TPSA) is 102 Å². The first-order chi connectivity index (χ1) is 20.8. The van der Waals surface area contributed by atoms with Gasteiger partial charge in [0.25, 0.3) is 0 Å². The molecule has 0 aromatic heterocycles. The van der Waals surface area contributed by atoms with Crippen molar-refractivity contribution in [3.8, 4) is 0 Å². The number of nitrogens with one attached hydrogen (secondary N) is 2. The first kappa shape index (κ1) is 33.4. The Bertz CT molecular complexity index is 1310. The molecule has 2 aromatic carbocycles. The predicted molar refractivity (Wildman–Crippen MR) is 167 cm³/mol. The molecule has 44 heavy (non-hydrogen) atoms. The molecule has 1 aliphatic carbocycles. The van der Waals surface area contributed by atoms with Crippen molar-refractivity contribution in [2.75, 3.05) is 26.7 Å². The van der Waals surface area contributed by atoms with Crippen molar-refractivity contribution in [3.63, 3.8) is 0 Å². The van der Waals surface area contributed by atoms with Gasteiger partial charge in [-0.1, -0.05) is 61.7 Å². The molecule has 2 N–H and O–H groups in total. The molecule has 2 saturated heterocycles. The summed E-state index contributed by atoms with van der Waals surface area (Å²) in [5, 5.41) is 5.95. The molecule has 0 radical (unpaired) electrons. The highest BCUT2D eigenvalue weighted by Gasteiger charge is 2.52. The van der Waals surface area contributed by atoms with Gasteiger partial charge in [0.05, 0.1) is 12.6 Å². The van der Waals surface area contributed by atoms with Crippen LogP contribution in [0.25, 0.3) is 0 Å². The molecule has 5 rings (SSSR count). The Morgan fingerprint density at radius 3 is 2.32 bits per heavy atom. The highest BCUT2D eigenvalue weighted by atomic mass is 35.5. The zero-order valence-electron chi connectivity index (χ0n) is 25.4. The average molecular weight is 628 g/mol. The molecule has 4 atom stereocenters. The summed E-state index contributed by atoms with van der Waals surface area (Å²) in [6.45, 7) is 2.17. The number of nitrogens with zero attached hydrogens (tertiary/aromatic N) is 3. The minimum atomic E-state index is -0.758. The molecule has 2 heterocycles. The Kier molecular flexibility index (Phi) is 11.4. The maximum Gasteiger partial charge on any atom is 0.247 e. The standard InChI is InChI=1S/C33H42FN5O4.ClH/c1-22(35-2)31(41)36-30(25-11-7-4-8-12-25)33(43)38-21-29(40)39-27(19-24-9-5-3-6-10-24)32(42)37(20-28(38)39)18-17-23-13-15-26(34)16-14-23;/h3,5-6,9-10,13-16,22,25,27-28,30,35H,4,7-8,11-12,17-21H2,1-2H3,(H,36,41);1H/t22?,27-,28+,30-;/m0./s1. The molecule has 0 bridgehead atoms. The van der Waals surface area contributed by atoms with E-state index in [0.29, 0.717) is 19.4 Å². The smallest absolute Gasteiger partial charge is 0.247 e. The zero-order valence-corrected chi connectivity index (χ0v) is 26.2. The van der Waals surface area contributed by atoms with Crippen molar-refractivity contribution in [1.82, 2.24) is 25.3 Å². The maximum absolute atomic E-state index is 14.3. The Labute approximate surface area is 264 Å². The van der Waals surface area contributed by atoms with Crippen molar-refractivity contribution in [2.24, 2.45) is 5.92 Å². The zero-order chi connectivity index (χ0) is 30.5. The Morgan fingerprint density at radius 2 is 1.66 bits per heavy atom. The molecule has 4 amide bonds. The molecule has 238 valence electrons. The van der Waals surface area contributed by atoms with Crippen LogP contribution in [0, 0.1) is 11.7 Å². The predicted octanol–water partition coefficient (Wildman–Crippen LogP) is 2.91. The third kappa shape index (κ3) is 7.41. The van der Waals surface area contributed by atoms with E-state index >= 15 is 0 Å². The minimum absolute atomic E-state index is 0. The van der Waals surface area contributed by atoms with E-state index in [0.717, 1.165) is 43.2 Å². The molecule has 1 unspecified atom stereocenters. The van der Waals surface area contributed by atoms with Gasteiger partial charge in [-0.25, -0.2) is 4.39 Å². The van der Waals surface area contributed by atoms with Gasteiger partial charge < -0.3 is 25.3 Å². The minimum Gasteiger partial charge on any atom is -0.343 e. The van der Waals surface area contributed by atoms with E-state index in [4.69, 9.17) is 0 Å². The summed E-state index contributed by atoms with van der Waals surface area (Å²) in [6.07, 6.45) is 4.96. The number of carbonyl (C=O) groups excluding carboxylic acids is 4. The van der Waals surface area contributed by atoms with Crippen molar-refractivity contribution in [3.05, 3.63) is 71.5 Å². The highest BCUT2D eigenvalue weighted by Crippen LogP contribution is 2.32. The second-order valence-electron chi connectivity index (χ2n) is 12.0. The largest absolute Gasteiger partial charge is 0.343 e. The van der Waals surface area contributed by atoms with Crippen LogP contribution < -0.4 is 10.6 Å². The lowest BCUT2D eigenvalue weighted by Gasteiger charge is -2.45. The van der Waals surface area contributed by atoms with Gasteiger partial charge in [0, 0.05) is 13.0 Å². The van der Waals surface area contributed by atoms with Crippen LogP contribution in [0.5, 0.6) is 0 Å². The number of amides is 4. The second-order valence-corrected chi connectivity index (χ2v) is 12.0. The van der Waals surface area contributed by atoms with E-state index in [1.165, 1.54) is 12.1 Å². The Morgan fingerprint density at radius 1 is 0.977 bits per heavy atom. The van der Waals surface area contributed by atoms with Gasteiger partial charge in [0.2, 0.25) is 23.6 Å². The number of rotatable bonds is 10. The molecule has 1 saturated carbocycles. The molecule has 2 aromatic rings.